The topological polar surface area (TPSA) is 20.3 Å². The first-order valence-corrected chi connectivity index (χ1v) is 5.05. The van der Waals surface area contributed by atoms with Crippen molar-refractivity contribution in [1.29, 1.82) is 0 Å². The van der Waals surface area contributed by atoms with Gasteiger partial charge in [0, 0.05) is 18.7 Å². The normalized spacial score (nSPS) is 9.27. The fraction of sp³-hybridized carbons (Fsp3) is 0.417. The Hall–Kier alpha value is -1.02. The highest BCUT2D eigenvalue weighted by Gasteiger charge is 2.11. The van der Waals surface area contributed by atoms with Crippen molar-refractivity contribution in [3.05, 3.63) is 35.4 Å². The number of hydrogen-bond donors (Lipinski definition) is 0. The Labute approximate surface area is 97.7 Å². The highest BCUT2D eigenvalue weighted by atomic mass is 35.5. The molecule has 0 saturated heterocycles. The lowest BCUT2D eigenvalue weighted by Gasteiger charge is -2.18. The van der Waals surface area contributed by atoms with Crippen molar-refractivity contribution in [2.45, 2.75) is 20.8 Å². The van der Waals surface area contributed by atoms with Crippen LogP contribution in [0, 0.1) is 6.92 Å². The summed E-state index contributed by atoms with van der Waals surface area (Å²) in [7, 11) is 0. The van der Waals surface area contributed by atoms with Crippen LogP contribution in [0.25, 0.3) is 0 Å². The van der Waals surface area contributed by atoms with Crippen LogP contribution in [0.15, 0.2) is 24.3 Å². The van der Waals surface area contributed by atoms with Crippen LogP contribution in [0.4, 0.5) is 0 Å². The number of hydrogen-bond acceptors (Lipinski definition) is 1. The van der Waals surface area contributed by atoms with Crippen molar-refractivity contribution in [3.8, 4) is 0 Å². The summed E-state index contributed by atoms with van der Waals surface area (Å²) in [4.78, 5) is 13.7. The largest absolute Gasteiger partial charge is 0.339 e. The molecular weight excluding hydrogens is 210 g/mol. The molecule has 0 fully saturated rings. The van der Waals surface area contributed by atoms with Crippen molar-refractivity contribution in [2.75, 3.05) is 13.1 Å². The van der Waals surface area contributed by atoms with Gasteiger partial charge in [-0.05, 0) is 32.9 Å². The summed E-state index contributed by atoms with van der Waals surface area (Å²) in [6.45, 7) is 7.53. The molecular formula is C12H18ClNO. The Morgan fingerprint density at radius 3 is 2.33 bits per heavy atom. The highest BCUT2D eigenvalue weighted by molar-refractivity contribution is 5.94. The lowest BCUT2D eigenvalue weighted by molar-refractivity contribution is 0.0773. The smallest absolute Gasteiger partial charge is 0.253 e. The molecule has 84 valence electrons. The quantitative estimate of drug-likeness (QED) is 0.778. The molecule has 1 aromatic rings. The van der Waals surface area contributed by atoms with E-state index in [1.165, 1.54) is 0 Å². The summed E-state index contributed by atoms with van der Waals surface area (Å²) in [6, 6.07) is 7.72. The van der Waals surface area contributed by atoms with E-state index in [2.05, 4.69) is 0 Å². The van der Waals surface area contributed by atoms with Gasteiger partial charge >= 0.3 is 0 Å². The number of amides is 1. The van der Waals surface area contributed by atoms with Gasteiger partial charge in [-0.25, -0.2) is 0 Å². The molecule has 0 bridgehead atoms. The third-order valence-electron chi connectivity index (χ3n) is 2.32. The molecule has 2 nitrogen and oxygen atoms in total. The van der Waals surface area contributed by atoms with Crippen LogP contribution in [0.1, 0.15) is 29.8 Å². The molecule has 1 rings (SSSR count). The maximum atomic E-state index is 11.9. The molecule has 0 unspecified atom stereocenters. The molecule has 1 aromatic carbocycles. The molecule has 0 aliphatic carbocycles. The summed E-state index contributed by atoms with van der Waals surface area (Å²) in [6.07, 6.45) is 0. The van der Waals surface area contributed by atoms with Gasteiger partial charge in [0.15, 0.2) is 0 Å². The fourth-order valence-electron chi connectivity index (χ4n) is 1.47. The average Bonchev–Trinajstić information content (AvgIpc) is 2.19. The minimum atomic E-state index is 0. The number of nitrogens with zero attached hydrogens (tertiary/aromatic N) is 1. The molecule has 0 heterocycles. The SMILES string of the molecule is CCN(CC)C(=O)c1cccc(C)c1.Cl. The molecule has 0 aliphatic rings. The predicted octanol–water partition coefficient (Wildman–Crippen LogP) is 2.90. The Morgan fingerprint density at radius 1 is 1.27 bits per heavy atom. The molecule has 0 N–H and O–H groups in total. The molecule has 0 saturated carbocycles. The number of benzene rings is 1. The van der Waals surface area contributed by atoms with Crippen LogP contribution in [0.5, 0.6) is 0 Å². The van der Waals surface area contributed by atoms with Crippen molar-refractivity contribution >= 4 is 18.3 Å². The molecule has 0 aromatic heterocycles. The molecule has 0 spiro atoms. The van der Waals surface area contributed by atoms with E-state index >= 15 is 0 Å². The van der Waals surface area contributed by atoms with Gasteiger partial charge in [-0.15, -0.1) is 12.4 Å². The first-order chi connectivity index (χ1) is 6.69. The van der Waals surface area contributed by atoms with Crippen LogP contribution in [0.3, 0.4) is 0 Å². The molecule has 0 radical (unpaired) electrons. The minimum Gasteiger partial charge on any atom is -0.339 e. The third kappa shape index (κ3) is 3.56. The summed E-state index contributed by atoms with van der Waals surface area (Å²) < 4.78 is 0. The van der Waals surface area contributed by atoms with E-state index in [-0.39, 0.29) is 18.3 Å². The zero-order chi connectivity index (χ0) is 10.6. The summed E-state index contributed by atoms with van der Waals surface area (Å²) in [5, 5.41) is 0. The molecule has 1 amide bonds. The van der Waals surface area contributed by atoms with E-state index in [9.17, 15) is 4.79 Å². The maximum Gasteiger partial charge on any atom is 0.253 e. The summed E-state index contributed by atoms with van der Waals surface area (Å²) in [5.74, 6) is 0.124. The zero-order valence-corrected chi connectivity index (χ0v) is 10.3. The van der Waals surface area contributed by atoms with Gasteiger partial charge in [-0.1, -0.05) is 17.7 Å². The summed E-state index contributed by atoms with van der Waals surface area (Å²) >= 11 is 0. The van der Waals surface area contributed by atoms with Crippen molar-refractivity contribution < 1.29 is 4.79 Å². The fourth-order valence-corrected chi connectivity index (χ4v) is 1.47. The van der Waals surface area contributed by atoms with E-state index in [0.29, 0.717) is 0 Å². The third-order valence-corrected chi connectivity index (χ3v) is 2.32. The molecule has 3 heteroatoms. The van der Waals surface area contributed by atoms with E-state index < -0.39 is 0 Å². The Balaban J connectivity index is 0.00000196. The first-order valence-electron chi connectivity index (χ1n) is 5.05. The molecule has 0 atom stereocenters. The standard InChI is InChI=1S/C12H17NO.ClH/c1-4-13(5-2)12(14)11-8-6-7-10(3)9-11;/h6-9H,4-5H2,1-3H3;1H. The Bertz CT molecular complexity index is 321. The maximum absolute atomic E-state index is 11.9. The number of carbonyl (C=O) groups is 1. The average molecular weight is 228 g/mol. The van der Waals surface area contributed by atoms with Crippen molar-refractivity contribution in [3.63, 3.8) is 0 Å². The van der Waals surface area contributed by atoms with Crippen molar-refractivity contribution in [2.24, 2.45) is 0 Å². The second kappa shape index (κ2) is 6.46. The minimum absolute atomic E-state index is 0. The Kier molecular flexibility index (Phi) is 6.02. The Morgan fingerprint density at radius 2 is 1.87 bits per heavy atom. The van der Waals surface area contributed by atoms with Gasteiger partial charge in [0.05, 0.1) is 0 Å². The van der Waals surface area contributed by atoms with Gasteiger partial charge in [0.2, 0.25) is 0 Å². The predicted molar refractivity (Wildman–Crippen MR) is 65.7 cm³/mol. The monoisotopic (exact) mass is 227 g/mol. The van der Waals surface area contributed by atoms with E-state index in [4.69, 9.17) is 0 Å². The van der Waals surface area contributed by atoms with Gasteiger partial charge in [-0.2, -0.15) is 0 Å². The lowest BCUT2D eigenvalue weighted by atomic mass is 10.1. The van der Waals surface area contributed by atoms with Crippen LogP contribution in [-0.4, -0.2) is 23.9 Å². The number of carbonyl (C=O) groups excluding carboxylic acids is 1. The number of halogens is 1. The second-order valence-electron chi connectivity index (χ2n) is 3.35. The van der Waals surface area contributed by atoms with E-state index in [0.717, 1.165) is 24.2 Å². The number of rotatable bonds is 3. The lowest BCUT2D eigenvalue weighted by Crippen LogP contribution is -2.30. The highest BCUT2D eigenvalue weighted by Crippen LogP contribution is 2.07. The van der Waals surface area contributed by atoms with Crippen LogP contribution in [0.2, 0.25) is 0 Å². The first kappa shape index (κ1) is 14.0. The summed E-state index contributed by atoms with van der Waals surface area (Å²) in [5.41, 5.74) is 1.91. The van der Waals surface area contributed by atoms with E-state index in [1.54, 1.807) is 0 Å². The second-order valence-corrected chi connectivity index (χ2v) is 3.35. The molecule has 0 aliphatic heterocycles. The number of aryl methyl sites for hydroxylation is 1. The van der Waals surface area contributed by atoms with Gasteiger partial charge in [0.25, 0.3) is 5.91 Å². The zero-order valence-electron chi connectivity index (χ0n) is 9.49. The molecule has 15 heavy (non-hydrogen) atoms. The van der Waals surface area contributed by atoms with Crippen LogP contribution >= 0.6 is 12.4 Å². The van der Waals surface area contributed by atoms with Gasteiger partial charge in [0.1, 0.15) is 0 Å². The van der Waals surface area contributed by atoms with Gasteiger partial charge in [-0.3, -0.25) is 4.79 Å². The van der Waals surface area contributed by atoms with Crippen LogP contribution in [-0.2, 0) is 0 Å². The van der Waals surface area contributed by atoms with Gasteiger partial charge < -0.3 is 4.90 Å². The van der Waals surface area contributed by atoms with E-state index in [1.807, 2.05) is 49.9 Å². The van der Waals surface area contributed by atoms with Crippen molar-refractivity contribution in [1.82, 2.24) is 4.90 Å². The van der Waals surface area contributed by atoms with Crippen LogP contribution < -0.4 is 0 Å².